The van der Waals surface area contributed by atoms with Gasteiger partial charge in [-0.05, 0) is 18.1 Å². The summed E-state index contributed by atoms with van der Waals surface area (Å²) in [6.07, 6.45) is 0.819. The molecule has 0 bridgehead atoms. The SMILES string of the molecule is Nc1cccc2c1N(C(=O)C1CSC(=O)N1)CC2. The number of thioether (sulfide) groups is 1. The molecule has 1 atom stereocenters. The first kappa shape index (κ1) is 11.4. The molecular weight excluding hydrogens is 250 g/mol. The molecule has 2 amide bonds. The third-order valence-corrected chi connectivity index (χ3v) is 4.14. The topological polar surface area (TPSA) is 75.4 Å². The summed E-state index contributed by atoms with van der Waals surface area (Å²) < 4.78 is 0. The highest BCUT2D eigenvalue weighted by molar-refractivity contribution is 8.14. The Hall–Kier alpha value is -1.69. The molecular formula is C12H13N3O2S. The second-order valence-corrected chi connectivity index (χ2v) is 5.38. The lowest BCUT2D eigenvalue weighted by molar-refractivity contribution is -0.119. The van der Waals surface area contributed by atoms with Crippen LogP contribution in [0.2, 0.25) is 0 Å². The van der Waals surface area contributed by atoms with Crippen LogP contribution >= 0.6 is 11.8 Å². The Morgan fingerprint density at radius 1 is 1.50 bits per heavy atom. The zero-order chi connectivity index (χ0) is 12.7. The Morgan fingerprint density at radius 2 is 2.33 bits per heavy atom. The number of nitrogens with one attached hydrogen (secondary N) is 1. The molecule has 2 aliphatic rings. The maximum atomic E-state index is 12.4. The number of carbonyl (C=O) groups excluding carboxylic acids is 2. The van der Waals surface area contributed by atoms with E-state index < -0.39 is 6.04 Å². The molecule has 0 spiro atoms. The number of rotatable bonds is 1. The summed E-state index contributed by atoms with van der Waals surface area (Å²) in [5.41, 5.74) is 8.47. The van der Waals surface area contributed by atoms with Crippen molar-refractivity contribution in [2.75, 3.05) is 22.9 Å². The number of benzene rings is 1. The molecule has 5 nitrogen and oxygen atoms in total. The van der Waals surface area contributed by atoms with Crippen LogP contribution in [0.4, 0.5) is 16.2 Å². The second kappa shape index (κ2) is 4.20. The van der Waals surface area contributed by atoms with Gasteiger partial charge in [0, 0.05) is 12.3 Å². The van der Waals surface area contributed by atoms with Crippen molar-refractivity contribution in [3.05, 3.63) is 23.8 Å². The minimum absolute atomic E-state index is 0.0648. The molecule has 94 valence electrons. The summed E-state index contributed by atoms with van der Waals surface area (Å²) in [6.45, 7) is 0.638. The monoisotopic (exact) mass is 263 g/mol. The number of nitrogens with two attached hydrogens (primary N) is 1. The molecule has 3 rings (SSSR count). The van der Waals surface area contributed by atoms with Crippen molar-refractivity contribution in [1.29, 1.82) is 0 Å². The highest BCUT2D eigenvalue weighted by Crippen LogP contribution is 2.34. The van der Waals surface area contributed by atoms with Crippen LogP contribution in [0.5, 0.6) is 0 Å². The first-order valence-corrected chi connectivity index (χ1v) is 6.77. The van der Waals surface area contributed by atoms with Gasteiger partial charge in [0.15, 0.2) is 0 Å². The van der Waals surface area contributed by atoms with Gasteiger partial charge in [-0.2, -0.15) is 0 Å². The van der Waals surface area contributed by atoms with Crippen LogP contribution in [0.15, 0.2) is 18.2 Å². The van der Waals surface area contributed by atoms with E-state index >= 15 is 0 Å². The highest BCUT2D eigenvalue weighted by Gasteiger charge is 2.35. The first-order chi connectivity index (χ1) is 8.66. The summed E-state index contributed by atoms with van der Waals surface area (Å²) in [4.78, 5) is 25.2. The molecule has 3 N–H and O–H groups in total. The predicted octanol–water partition coefficient (Wildman–Crippen LogP) is 0.983. The number of carbonyl (C=O) groups is 2. The van der Waals surface area contributed by atoms with E-state index in [0.717, 1.165) is 29.4 Å². The maximum absolute atomic E-state index is 12.4. The number of para-hydroxylation sites is 1. The van der Waals surface area contributed by atoms with Crippen LogP contribution in [0, 0.1) is 0 Å². The standard InChI is InChI=1S/C12H13N3O2S/c13-8-3-1-2-7-4-5-15(10(7)8)11(16)9-6-18-12(17)14-9/h1-3,9H,4-6,13H2,(H,14,17). The van der Waals surface area contributed by atoms with Crippen LogP contribution in [-0.2, 0) is 11.2 Å². The fraction of sp³-hybridized carbons (Fsp3) is 0.333. The van der Waals surface area contributed by atoms with Gasteiger partial charge >= 0.3 is 0 Å². The number of anilines is 2. The number of nitrogens with zero attached hydrogens (tertiary/aromatic N) is 1. The summed E-state index contributed by atoms with van der Waals surface area (Å²) in [5, 5.41) is 2.54. The molecule has 2 heterocycles. The van der Waals surface area contributed by atoms with Gasteiger partial charge in [0.2, 0.25) is 0 Å². The van der Waals surface area contributed by atoms with Gasteiger partial charge in [-0.1, -0.05) is 23.9 Å². The normalized spacial score (nSPS) is 21.9. The molecule has 1 unspecified atom stereocenters. The van der Waals surface area contributed by atoms with Crippen molar-refractivity contribution in [1.82, 2.24) is 5.32 Å². The van der Waals surface area contributed by atoms with E-state index in [4.69, 9.17) is 5.73 Å². The number of nitrogen functional groups attached to an aromatic ring is 1. The van der Waals surface area contributed by atoms with Crippen LogP contribution in [0.3, 0.4) is 0 Å². The van der Waals surface area contributed by atoms with Gasteiger partial charge in [-0.15, -0.1) is 0 Å². The zero-order valence-electron chi connectivity index (χ0n) is 9.68. The molecule has 0 saturated carbocycles. The van der Waals surface area contributed by atoms with Crippen molar-refractivity contribution < 1.29 is 9.59 Å². The summed E-state index contributed by atoms with van der Waals surface area (Å²) in [7, 11) is 0. The molecule has 0 radical (unpaired) electrons. The average molecular weight is 263 g/mol. The lowest BCUT2D eigenvalue weighted by atomic mass is 10.1. The molecule has 1 fully saturated rings. The van der Waals surface area contributed by atoms with Gasteiger partial charge in [0.25, 0.3) is 11.1 Å². The van der Waals surface area contributed by atoms with E-state index in [0.29, 0.717) is 18.0 Å². The molecule has 0 aliphatic carbocycles. The third-order valence-electron chi connectivity index (χ3n) is 3.26. The number of hydrogen-bond acceptors (Lipinski definition) is 4. The molecule has 6 heteroatoms. The van der Waals surface area contributed by atoms with Gasteiger partial charge in [-0.3, -0.25) is 9.59 Å². The van der Waals surface area contributed by atoms with Crippen molar-refractivity contribution in [2.24, 2.45) is 0 Å². The van der Waals surface area contributed by atoms with Gasteiger partial charge in [-0.25, -0.2) is 0 Å². The second-order valence-electron chi connectivity index (χ2n) is 4.39. The minimum atomic E-state index is -0.423. The molecule has 2 aliphatic heterocycles. The van der Waals surface area contributed by atoms with Crippen LogP contribution < -0.4 is 16.0 Å². The van der Waals surface area contributed by atoms with Gasteiger partial charge in [0.1, 0.15) is 6.04 Å². The summed E-state index contributed by atoms with van der Waals surface area (Å²) in [5.74, 6) is 0.431. The van der Waals surface area contributed by atoms with E-state index in [-0.39, 0.29) is 11.1 Å². The van der Waals surface area contributed by atoms with Crippen molar-refractivity contribution in [2.45, 2.75) is 12.5 Å². The Kier molecular flexibility index (Phi) is 2.66. The first-order valence-electron chi connectivity index (χ1n) is 5.79. The van der Waals surface area contributed by atoms with E-state index in [1.165, 1.54) is 0 Å². The van der Waals surface area contributed by atoms with Crippen LogP contribution in [0.1, 0.15) is 5.56 Å². The molecule has 18 heavy (non-hydrogen) atoms. The Labute approximate surface area is 109 Å². The lowest BCUT2D eigenvalue weighted by Crippen LogP contribution is -2.45. The van der Waals surface area contributed by atoms with E-state index in [1.807, 2.05) is 12.1 Å². The van der Waals surface area contributed by atoms with E-state index in [9.17, 15) is 9.59 Å². The van der Waals surface area contributed by atoms with Crippen molar-refractivity contribution in [3.8, 4) is 0 Å². The van der Waals surface area contributed by atoms with E-state index in [2.05, 4.69) is 5.32 Å². The number of amides is 2. The number of fused-ring (bicyclic) bond motifs is 1. The fourth-order valence-corrected chi connectivity index (χ4v) is 3.18. The van der Waals surface area contributed by atoms with Crippen molar-refractivity contribution >= 4 is 34.3 Å². The fourth-order valence-electron chi connectivity index (χ4n) is 2.41. The smallest absolute Gasteiger partial charge is 0.279 e. The number of hydrogen-bond donors (Lipinski definition) is 2. The molecule has 1 aromatic rings. The summed E-state index contributed by atoms with van der Waals surface area (Å²) >= 11 is 1.15. The molecule has 1 aromatic carbocycles. The van der Waals surface area contributed by atoms with Gasteiger partial charge < -0.3 is 16.0 Å². The van der Waals surface area contributed by atoms with Crippen LogP contribution in [0.25, 0.3) is 0 Å². The van der Waals surface area contributed by atoms with E-state index in [1.54, 1.807) is 11.0 Å². The maximum Gasteiger partial charge on any atom is 0.279 e. The Morgan fingerprint density at radius 3 is 3.06 bits per heavy atom. The molecule has 1 saturated heterocycles. The third kappa shape index (κ3) is 1.73. The van der Waals surface area contributed by atoms with Crippen molar-refractivity contribution in [3.63, 3.8) is 0 Å². The quantitative estimate of drug-likeness (QED) is 0.741. The highest BCUT2D eigenvalue weighted by atomic mass is 32.2. The predicted molar refractivity (Wildman–Crippen MR) is 71.7 cm³/mol. The zero-order valence-corrected chi connectivity index (χ0v) is 10.5. The summed E-state index contributed by atoms with van der Waals surface area (Å²) in [6, 6.07) is 5.26. The Balaban J connectivity index is 1.88. The van der Waals surface area contributed by atoms with Crippen LogP contribution in [-0.4, -0.2) is 29.5 Å². The minimum Gasteiger partial charge on any atom is -0.397 e. The average Bonchev–Trinajstić information content (AvgIpc) is 2.95. The van der Waals surface area contributed by atoms with Gasteiger partial charge in [0.05, 0.1) is 11.4 Å². The lowest BCUT2D eigenvalue weighted by Gasteiger charge is -2.22. The largest absolute Gasteiger partial charge is 0.397 e. The Bertz CT molecular complexity index is 532. The molecule has 0 aromatic heterocycles.